The van der Waals surface area contributed by atoms with E-state index in [0.29, 0.717) is 12.3 Å². The van der Waals surface area contributed by atoms with Crippen molar-refractivity contribution in [3.63, 3.8) is 0 Å². The zero-order valence-electron chi connectivity index (χ0n) is 10.4. The minimum atomic E-state index is -0.324. The van der Waals surface area contributed by atoms with Crippen molar-refractivity contribution in [2.24, 2.45) is 0 Å². The van der Waals surface area contributed by atoms with Crippen LogP contribution in [0.1, 0.15) is 18.0 Å². The van der Waals surface area contributed by atoms with E-state index in [-0.39, 0.29) is 11.9 Å². The molecule has 0 spiro atoms. The van der Waals surface area contributed by atoms with Crippen LogP contribution in [0.5, 0.6) is 5.75 Å². The summed E-state index contributed by atoms with van der Waals surface area (Å²) < 4.78 is 18.6. The van der Waals surface area contributed by atoms with E-state index in [1.165, 1.54) is 12.1 Å². The number of anilines is 2. The number of fused-ring (bicyclic) bond motifs is 1. The van der Waals surface area contributed by atoms with Gasteiger partial charge in [0.05, 0.1) is 24.0 Å². The highest BCUT2D eigenvalue weighted by molar-refractivity contribution is 5.67. The summed E-state index contributed by atoms with van der Waals surface area (Å²) >= 11 is 0. The molecule has 0 fully saturated rings. The molecule has 0 amide bonds. The summed E-state index contributed by atoms with van der Waals surface area (Å²) in [5, 5.41) is 3.36. The lowest BCUT2D eigenvalue weighted by Crippen LogP contribution is -2.20. The molecular weight excluding hydrogens is 243 g/mol. The molecule has 98 valence electrons. The van der Waals surface area contributed by atoms with Gasteiger partial charge in [0.15, 0.2) is 0 Å². The van der Waals surface area contributed by atoms with E-state index in [1.54, 1.807) is 6.07 Å². The van der Waals surface area contributed by atoms with Crippen LogP contribution in [0.4, 0.5) is 15.8 Å². The van der Waals surface area contributed by atoms with E-state index < -0.39 is 0 Å². The van der Waals surface area contributed by atoms with Gasteiger partial charge in [-0.2, -0.15) is 0 Å². The third-order valence-electron chi connectivity index (χ3n) is 3.30. The minimum absolute atomic E-state index is 0.137. The largest absolute Gasteiger partial charge is 0.493 e. The monoisotopic (exact) mass is 258 g/mol. The van der Waals surface area contributed by atoms with Gasteiger partial charge in [0.1, 0.15) is 11.6 Å². The Bertz CT molecular complexity index is 600. The number of nitrogen functional groups attached to an aromatic ring is 1. The van der Waals surface area contributed by atoms with Gasteiger partial charge in [-0.25, -0.2) is 4.39 Å². The van der Waals surface area contributed by atoms with Crippen LogP contribution in [0.2, 0.25) is 0 Å². The van der Waals surface area contributed by atoms with Crippen LogP contribution < -0.4 is 15.8 Å². The van der Waals surface area contributed by atoms with Crippen LogP contribution in [0.25, 0.3) is 0 Å². The van der Waals surface area contributed by atoms with Crippen molar-refractivity contribution in [2.45, 2.75) is 12.5 Å². The van der Waals surface area contributed by atoms with E-state index in [2.05, 4.69) is 5.32 Å². The van der Waals surface area contributed by atoms with Crippen LogP contribution in [0, 0.1) is 5.82 Å². The van der Waals surface area contributed by atoms with Gasteiger partial charge in [-0.05, 0) is 24.3 Å². The molecular formula is C15H15FN2O. The second-order valence-electron chi connectivity index (χ2n) is 4.60. The van der Waals surface area contributed by atoms with E-state index in [0.717, 1.165) is 23.4 Å². The Hall–Kier alpha value is -2.23. The fourth-order valence-electron chi connectivity index (χ4n) is 2.34. The molecule has 3 nitrogen and oxygen atoms in total. The molecule has 19 heavy (non-hydrogen) atoms. The fraction of sp³-hybridized carbons (Fsp3) is 0.200. The molecule has 0 aliphatic carbocycles. The van der Waals surface area contributed by atoms with Gasteiger partial charge in [0.2, 0.25) is 0 Å². The number of nitrogens with two attached hydrogens (primary N) is 1. The number of benzene rings is 2. The first-order valence-corrected chi connectivity index (χ1v) is 6.27. The average Bonchev–Trinajstić information content (AvgIpc) is 2.42. The Morgan fingerprint density at radius 2 is 2.05 bits per heavy atom. The van der Waals surface area contributed by atoms with Crippen molar-refractivity contribution in [1.82, 2.24) is 0 Å². The molecule has 3 rings (SSSR count). The first-order valence-electron chi connectivity index (χ1n) is 6.27. The van der Waals surface area contributed by atoms with Gasteiger partial charge in [-0.3, -0.25) is 0 Å². The van der Waals surface area contributed by atoms with Crippen LogP contribution in [-0.2, 0) is 0 Å². The standard InChI is InChI=1S/C15H15FN2O/c16-10-5-6-14(12(17)9-10)18-13-7-8-19-15-4-2-1-3-11(13)15/h1-6,9,13,18H,7-8,17H2. The summed E-state index contributed by atoms with van der Waals surface area (Å²) in [5.74, 6) is 0.572. The number of nitrogens with one attached hydrogen (secondary N) is 1. The highest BCUT2D eigenvalue weighted by atomic mass is 19.1. The van der Waals surface area contributed by atoms with Gasteiger partial charge in [-0.15, -0.1) is 0 Å². The fourth-order valence-corrected chi connectivity index (χ4v) is 2.34. The molecule has 0 aromatic heterocycles. The van der Waals surface area contributed by atoms with Crippen molar-refractivity contribution in [1.29, 1.82) is 0 Å². The van der Waals surface area contributed by atoms with Gasteiger partial charge in [0, 0.05) is 12.0 Å². The Balaban J connectivity index is 1.88. The molecule has 0 saturated carbocycles. The highest BCUT2D eigenvalue weighted by Gasteiger charge is 2.21. The summed E-state index contributed by atoms with van der Waals surface area (Å²) in [5.41, 5.74) is 8.11. The van der Waals surface area contributed by atoms with E-state index in [9.17, 15) is 4.39 Å². The van der Waals surface area contributed by atoms with Crippen LogP contribution >= 0.6 is 0 Å². The second kappa shape index (κ2) is 4.80. The first kappa shape index (κ1) is 11.8. The summed E-state index contributed by atoms with van der Waals surface area (Å²) in [6.45, 7) is 0.662. The lowest BCUT2D eigenvalue weighted by Gasteiger charge is -2.27. The van der Waals surface area contributed by atoms with Gasteiger partial charge >= 0.3 is 0 Å². The maximum atomic E-state index is 13.0. The number of ether oxygens (including phenoxy) is 1. The number of hydrogen-bond donors (Lipinski definition) is 2. The molecule has 4 heteroatoms. The predicted molar refractivity (Wildman–Crippen MR) is 73.7 cm³/mol. The highest BCUT2D eigenvalue weighted by Crippen LogP contribution is 2.35. The molecule has 3 N–H and O–H groups in total. The molecule has 1 unspecified atom stereocenters. The van der Waals surface area contributed by atoms with Crippen LogP contribution in [0.15, 0.2) is 42.5 Å². The van der Waals surface area contributed by atoms with Crippen molar-refractivity contribution < 1.29 is 9.13 Å². The van der Waals surface area contributed by atoms with Gasteiger partial charge in [-0.1, -0.05) is 18.2 Å². The molecule has 2 aromatic carbocycles. The molecule has 0 bridgehead atoms. The topological polar surface area (TPSA) is 47.3 Å². The minimum Gasteiger partial charge on any atom is -0.493 e. The van der Waals surface area contributed by atoms with Crippen LogP contribution in [-0.4, -0.2) is 6.61 Å². The molecule has 1 aliphatic heterocycles. The van der Waals surface area contributed by atoms with Gasteiger partial charge < -0.3 is 15.8 Å². The second-order valence-corrected chi connectivity index (χ2v) is 4.60. The molecule has 1 heterocycles. The normalized spacial score (nSPS) is 17.4. The van der Waals surface area contributed by atoms with Gasteiger partial charge in [0.25, 0.3) is 0 Å². The van der Waals surface area contributed by atoms with Crippen LogP contribution in [0.3, 0.4) is 0 Å². The zero-order valence-corrected chi connectivity index (χ0v) is 10.4. The summed E-state index contributed by atoms with van der Waals surface area (Å²) in [6, 6.07) is 12.5. The maximum absolute atomic E-state index is 13.0. The van der Waals surface area contributed by atoms with E-state index in [1.807, 2.05) is 24.3 Å². The lowest BCUT2D eigenvalue weighted by atomic mass is 10.00. The summed E-state index contributed by atoms with van der Waals surface area (Å²) in [7, 11) is 0. The quantitative estimate of drug-likeness (QED) is 0.812. The third kappa shape index (κ3) is 2.34. The Morgan fingerprint density at radius 1 is 1.21 bits per heavy atom. The Morgan fingerprint density at radius 3 is 2.89 bits per heavy atom. The molecule has 0 radical (unpaired) electrons. The van der Waals surface area contributed by atoms with E-state index in [4.69, 9.17) is 10.5 Å². The van der Waals surface area contributed by atoms with Crippen molar-refractivity contribution >= 4 is 11.4 Å². The first-order chi connectivity index (χ1) is 9.24. The summed E-state index contributed by atoms with van der Waals surface area (Å²) in [6.07, 6.45) is 0.855. The Kier molecular flexibility index (Phi) is 2.99. The van der Waals surface area contributed by atoms with E-state index >= 15 is 0 Å². The average molecular weight is 258 g/mol. The Labute approximate surface area is 111 Å². The number of para-hydroxylation sites is 1. The summed E-state index contributed by atoms with van der Waals surface area (Å²) in [4.78, 5) is 0. The SMILES string of the molecule is Nc1cc(F)ccc1NC1CCOc2ccccc21. The molecule has 2 aromatic rings. The number of rotatable bonds is 2. The zero-order chi connectivity index (χ0) is 13.2. The number of halogens is 1. The maximum Gasteiger partial charge on any atom is 0.125 e. The van der Waals surface area contributed by atoms with Crippen molar-refractivity contribution in [2.75, 3.05) is 17.7 Å². The molecule has 1 atom stereocenters. The smallest absolute Gasteiger partial charge is 0.125 e. The van der Waals surface area contributed by atoms with Crippen molar-refractivity contribution in [3.05, 3.63) is 53.8 Å². The third-order valence-corrected chi connectivity index (χ3v) is 3.30. The lowest BCUT2D eigenvalue weighted by molar-refractivity contribution is 0.274. The molecule has 0 saturated heterocycles. The predicted octanol–water partition coefficient (Wildman–Crippen LogP) is 3.34. The van der Waals surface area contributed by atoms with Crippen molar-refractivity contribution in [3.8, 4) is 5.75 Å². The molecule has 1 aliphatic rings. The number of hydrogen-bond acceptors (Lipinski definition) is 3.